The van der Waals surface area contributed by atoms with Gasteiger partial charge in [0, 0.05) is 0 Å². The lowest BCUT2D eigenvalue weighted by molar-refractivity contribution is -0.0172. The van der Waals surface area contributed by atoms with Crippen LogP contribution in [0.1, 0.15) is 0 Å². The first-order chi connectivity index (χ1) is 6.35. The molecule has 5 N–H and O–H groups in total. The SMILES string of the molecule is O=P(O)(O)C[C@H]1O[C@H](CO)[C@@H](O)[C@H]1O. The van der Waals surface area contributed by atoms with E-state index in [4.69, 9.17) is 19.6 Å². The van der Waals surface area contributed by atoms with Crippen molar-refractivity contribution in [3.8, 4) is 0 Å². The Morgan fingerprint density at radius 1 is 1.14 bits per heavy atom. The van der Waals surface area contributed by atoms with Crippen LogP contribution < -0.4 is 0 Å². The summed E-state index contributed by atoms with van der Waals surface area (Å²) in [7, 11) is -4.29. The Kier molecular flexibility index (Phi) is 3.65. The first kappa shape index (κ1) is 12.1. The zero-order chi connectivity index (χ0) is 10.9. The molecule has 0 saturated carbocycles. The van der Waals surface area contributed by atoms with Crippen LogP contribution in [-0.2, 0) is 9.30 Å². The molecule has 8 heteroatoms. The lowest BCUT2D eigenvalue weighted by atomic mass is 10.1. The Hall–Kier alpha value is -0.0100. The van der Waals surface area contributed by atoms with Crippen molar-refractivity contribution in [3.05, 3.63) is 0 Å². The molecule has 0 aromatic carbocycles. The Morgan fingerprint density at radius 2 is 1.64 bits per heavy atom. The highest BCUT2D eigenvalue weighted by Gasteiger charge is 2.44. The van der Waals surface area contributed by atoms with Crippen LogP contribution in [0, 0.1) is 0 Å². The second-order valence-electron chi connectivity index (χ2n) is 3.22. The monoisotopic (exact) mass is 228 g/mol. The fraction of sp³-hybridized carbons (Fsp3) is 1.00. The zero-order valence-electron chi connectivity index (χ0n) is 7.22. The molecule has 84 valence electrons. The largest absolute Gasteiger partial charge is 0.394 e. The van der Waals surface area contributed by atoms with Gasteiger partial charge in [0.1, 0.15) is 18.3 Å². The van der Waals surface area contributed by atoms with Crippen LogP contribution in [0.5, 0.6) is 0 Å². The molecular formula is C6H13O7P. The highest BCUT2D eigenvalue weighted by molar-refractivity contribution is 7.51. The molecule has 0 spiro atoms. The van der Waals surface area contributed by atoms with Crippen LogP contribution in [-0.4, -0.2) is 62.3 Å². The van der Waals surface area contributed by atoms with E-state index in [0.717, 1.165) is 0 Å². The molecule has 7 nitrogen and oxygen atoms in total. The van der Waals surface area contributed by atoms with Crippen LogP contribution in [0.3, 0.4) is 0 Å². The van der Waals surface area contributed by atoms with Crippen LogP contribution in [0.4, 0.5) is 0 Å². The minimum absolute atomic E-state index is 0.504. The van der Waals surface area contributed by atoms with Crippen molar-refractivity contribution in [1.29, 1.82) is 0 Å². The van der Waals surface area contributed by atoms with Gasteiger partial charge >= 0.3 is 7.60 Å². The van der Waals surface area contributed by atoms with Crippen molar-refractivity contribution in [2.24, 2.45) is 0 Å². The van der Waals surface area contributed by atoms with Gasteiger partial charge in [-0.2, -0.15) is 0 Å². The highest BCUT2D eigenvalue weighted by Crippen LogP contribution is 2.38. The number of aliphatic hydroxyl groups is 3. The van der Waals surface area contributed by atoms with Gasteiger partial charge in [-0.05, 0) is 0 Å². The third kappa shape index (κ3) is 2.74. The van der Waals surface area contributed by atoms with E-state index in [1.165, 1.54) is 0 Å². The quantitative estimate of drug-likeness (QED) is 0.342. The summed E-state index contributed by atoms with van der Waals surface area (Å²) in [5.41, 5.74) is 0. The summed E-state index contributed by atoms with van der Waals surface area (Å²) >= 11 is 0. The first-order valence-corrected chi connectivity index (χ1v) is 5.82. The topological polar surface area (TPSA) is 127 Å². The number of hydrogen-bond donors (Lipinski definition) is 5. The van der Waals surface area contributed by atoms with Gasteiger partial charge in [-0.15, -0.1) is 0 Å². The van der Waals surface area contributed by atoms with E-state index in [1.54, 1.807) is 0 Å². The predicted octanol–water partition coefficient (Wildman–Crippen LogP) is -2.35. The van der Waals surface area contributed by atoms with E-state index < -0.39 is 44.8 Å². The van der Waals surface area contributed by atoms with Gasteiger partial charge < -0.3 is 29.8 Å². The molecule has 0 unspecified atom stereocenters. The summed E-state index contributed by atoms with van der Waals surface area (Å²) in [4.78, 5) is 17.2. The highest BCUT2D eigenvalue weighted by atomic mass is 31.2. The maximum atomic E-state index is 10.6. The molecule has 0 radical (unpaired) electrons. The van der Waals surface area contributed by atoms with E-state index >= 15 is 0 Å². The first-order valence-electron chi connectivity index (χ1n) is 4.02. The Labute approximate surface area is 80.1 Å². The normalized spacial score (nSPS) is 38.9. The van der Waals surface area contributed by atoms with Gasteiger partial charge in [0.15, 0.2) is 0 Å². The lowest BCUT2D eigenvalue weighted by Crippen LogP contribution is -2.34. The molecule has 1 aliphatic heterocycles. The lowest BCUT2D eigenvalue weighted by Gasteiger charge is -2.14. The van der Waals surface area contributed by atoms with Crippen LogP contribution in [0.15, 0.2) is 0 Å². The van der Waals surface area contributed by atoms with Crippen molar-refractivity contribution in [2.75, 3.05) is 12.8 Å². The fourth-order valence-corrected chi connectivity index (χ4v) is 2.13. The van der Waals surface area contributed by atoms with E-state index in [2.05, 4.69) is 0 Å². The molecule has 1 saturated heterocycles. The molecule has 1 heterocycles. The maximum Gasteiger partial charge on any atom is 0.328 e. The van der Waals surface area contributed by atoms with Gasteiger partial charge in [-0.25, -0.2) is 0 Å². The average Bonchev–Trinajstić information content (AvgIpc) is 2.30. The second kappa shape index (κ2) is 4.24. The summed E-state index contributed by atoms with van der Waals surface area (Å²) in [5.74, 6) is 0. The summed E-state index contributed by atoms with van der Waals surface area (Å²) < 4.78 is 15.5. The van der Waals surface area contributed by atoms with E-state index in [-0.39, 0.29) is 0 Å². The second-order valence-corrected chi connectivity index (χ2v) is 4.92. The zero-order valence-corrected chi connectivity index (χ0v) is 8.12. The molecule has 1 rings (SSSR count). The van der Waals surface area contributed by atoms with Gasteiger partial charge in [-0.1, -0.05) is 0 Å². The summed E-state index contributed by atoms with van der Waals surface area (Å²) in [5, 5.41) is 27.2. The van der Waals surface area contributed by atoms with Gasteiger partial charge in [-0.3, -0.25) is 4.57 Å². The van der Waals surface area contributed by atoms with Crippen molar-refractivity contribution < 1.29 is 34.4 Å². The van der Waals surface area contributed by atoms with Crippen LogP contribution >= 0.6 is 7.60 Å². The van der Waals surface area contributed by atoms with Gasteiger partial charge in [0.25, 0.3) is 0 Å². The van der Waals surface area contributed by atoms with E-state index in [0.29, 0.717) is 0 Å². The molecule has 0 aliphatic carbocycles. The molecule has 4 atom stereocenters. The Bertz CT molecular complexity index is 238. The number of hydrogen-bond acceptors (Lipinski definition) is 5. The molecule has 0 aromatic rings. The maximum absolute atomic E-state index is 10.6. The molecule has 1 aliphatic rings. The van der Waals surface area contributed by atoms with Crippen molar-refractivity contribution >= 4 is 7.60 Å². The molecule has 14 heavy (non-hydrogen) atoms. The summed E-state index contributed by atoms with van der Waals surface area (Å²) in [6, 6.07) is 0. The molecular weight excluding hydrogens is 215 g/mol. The fourth-order valence-electron chi connectivity index (χ4n) is 1.36. The van der Waals surface area contributed by atoms with Crippen molar-refractivity contribution in [1.82, 2.24) is 0 Å². The average molecular weight is 228 g/mol. The third-order valence-electron chi connectivity index (χ3n) is 2.06. The summed E-state index contributed by atoms with van der Waals surface area (Å²) in [6.07, 6.45) is -5.47. The summed E-state index contributed by atoms with van der Waals surface area (Å²) in [6.45, 7) is -0.504. The van der Waals surface area contributed by atoms with Crippen molar-refractivity contribution in [3.63, 3.8) is 0 Å². The molecule has 0 bridgehead atoms. The number of rotatable bonds is 3. The third-order valence-corrected chi connectivity index (χ3v) is 2.89. The van der Waals surface area contributed by atoms with Crippen LogP contribution in [0.2, 0.25) is 0 Å². The number of aliphatic hydroxyl groups excluding tert-OH is 3. The standard InChI is InChI=1S/C6H13O7P/c7-1-3-5(8)6(9)4(13-3)2-14(10,11)12/h3-9H,1-2H2,(H2,10,11,12)/t3-,4-,5-,6+/m1/s1. The van der Waals surface area contributed by atoms with Gasteiger partial charge in [0.2, 0.25) is 0 Å². The van der Waals surface area contributed by atoms with Gasteiger partial charge in [0.05, 0.1) is 18.9 Å². The molecule has 0 aromatic heterocycles. The minimum Gasteiger partial charge on any atom is -0.394 e. The Balaban J connectivity index is 2.61. The van der Waals surface area contributed by atoms with Crippen LogP contribution in [0.25, 0.3) is 0 Å². The predicted molar refractivity (Wildman–Crippen MR) is 44.7 cm³/mol. The van der Waals surface area contributed by atoms with E-state index in [9.17, 15) is 14.8 Å². The minimum atomic E-state index is -4.29. The number of ether oxygens (including phenoxy) is 1. The Morgan fingerprint density at radius 3 is 2.00 bits per heavy atom. The van der Waals surface area contributed by atoms with Crippen molar-refractivity contribution in [2.45, 2.75) is 24.4 Å². The molecule has 0 amide bonds. The smallest absolute Gasteiger partial charge is 0.328 e. The molecule has 1 fully saturated rings. The van der Waals surface area contributed by atoms with E-state index in [1.807, 2.05) is 0 Å².